The van der Waals surface area contributed by atoms with E-state index in [-0.39, 0.29) is 11.8 Å². The maximum atomic E-state index is 9.60. The molecule has 2 heterocycles. The first-order valence-electron chi connectivity index (χ1n) is 7.92. The van der Waals surface area contributed by atoms with Crippen LogP contribution in [-0.2, 0) is 0 Å². The summed E-state index contributed by atoms with van der Waals surface area (Å²) in [4.78, 5) is 0. The summed E-state index contributed by atoms with van der Waals surface area (Å²) < 4.78 is 5.60. The van der Waals surface area contributed by atoms with E-state index in [1.807, 2.05) is 30.3 Å². The second-order valence-corrected chi connectivity index (χ2v) is 5.73. The Morgan fingerprint density at radius 1 is 1.30 bits per heavy atom. The first-order valence-corrected chi connectivity index (χ1v) is 7.92. The lowest BCUT2D eigenvalue weighted by Gasteiger charge is -2.29. The van der Waals surface area contributed by atoms with Crippen LogP contribution in [0.4, 0.5) is 0 Å². The summed E-state index contributed by atoms with van der Waals surface area (Å²) in [5.41, 5.74) is 9.34. The summed E-state index contributed by atoms with van der Waals surface area (Å²) in [6.07, 6.45) is 1.91. The van der Waals surface area contributed by atoms with Gasteiger partial charge in [-0.05, 0) is 11.5 Å². The summed E-state index contributed by atoms with van der Waals surface area (Å²) in [6, 6.07) is 12.2. The third-order valence-electron chi connectivity index (χ3n) is 4.57. The molecule has 0 saturated carbocycles. The summed E-state index contributed by atoms with van der Waals surface area (Å²) in [6.45, 7) is 4.27. The number of nitrogens with two attached hydrogens (primary N) is 1. The van der Waals surface area contributed by atoms with Crippen molar-refractivity contribution >= 4 is 0 Å². The quantitative estimate of drug-likeness (QED) is 0.901. The van der Waals surface area contributed by atoms with Crippen molar-refractivity contribution in [3.63, 3.8) is 0 Å². The fourth-order valence-corrected chi connectivity index (χ4v) is 3.34. The highest BCUT2D eigenvalue weighted by atomic mass is 16.5. The van der Waals surface area contributed by atoms with Crippen molar-refractivity contribution in [1.82, 2.24) is 10.2 Å². The largest absolute Gasteiger partial charge is 0.420 e. The third kappa shape index (κ3) is 2.46. The van der Waals surface area contributed by atoms with Gasteiger partial charge in [0.25, 0.3) is 0 Å². The Kier molecular flexibility index (Phi) is 4.07. The van der Waals surface area contributed by atoms with Gasteiger partial charge in [-0.1, -0.05) is 57.0 Å². The molecule has 23 heavy (non-hydrogen) atoms. The van der Waals surface area contributed by atoms with Gasteiger partial charge in [0.05, 0.1) is 16.8 Å². The Morgan fingerprint density at radius 2 is 2.00 bits per heavy atom. The van der Waals surface area contributed by atoms with Crippen LogP contribution in [0.15, 0.2) is 41.8 Å². The molecule has 1 aliphatic rings. The number of hydrogen-bond acceptors (Lipinski definition) is 4. The number of benzene rings is 1. The molecule has 1 aromatic carbocycles. The molecule has 5 heteroatoms. The average Bonchev–Trinajstić information content (AvgIpc) is 3.00. The summed E-state index contributed by atoms with van der Waals surface area (Å²) in [5.74, 6) is 0.874. The van der Waals surface area contributed by atoms with E-state index in [0.717, 1.165) is 29.7 Å². The Labute approximate surface area is 135 Å². The number of nitrogens with zero attached hydrogens (tertiary/aromatic N) is 2. The van der Waals surface area contributed by atoms with Gasteiger partial charge in [0.15, 0.2) is 0 Å². The second-order valence-electron chi connectivity index (χ2n) is 5.73. The van der Waals surface area contributed by atoms with Gasteiger partial charge in [0, 0.05) is 5.92 Å². The third-order valence-corrected chi connectivity index (χ3v) is 4.57. The fraction of sp³-hybridized carbons (Fsp3) is 0.333. The SMILES string of the molecule is CCC(CC)[C@H]1C(C#N)=C(N)Oc2n[nH]c(-c3ccccc3)c21. The number of ether oxygens (including phenoxy) is 1. The smallest absolute Gasteiger partial charge is 0.244 e. The first-order chi connectivity index (χ1) is 11.2. The van der Waals surface area contributed by atoms with E-state index in [2.05, 4.69) is 30.1 Å². The molecule has 0 aliphatic carbocycles. The first kappa shape index (κ1) is 15.2. The van der Waals surface area contributed by atoms with Crippen molar-refractivity contribution < 1.29 is 4.74 Å². The molecule has 3 N–H and O–H groups in total. The van der Waals surface area contributed by atoms with Gasteiger partial charge < -0.3 is 10.5 Å². The summed E-state index contributed by atoms with van der Waals surface area (Å²) in [5, 5.41) is 16.9. The molecule has 0 bridgehead atoms. The van der Waals surface area contributed by atoms with Gasteiger partial charge in [-0.25, -0.2) is 0 Å². The Hall–Kier alpha value is -2.74. The topological polar surface area (TPSA) is 87.7 Å². The molecular formula is C18H20N4O. The molecule has 118 valence electrons. The number of rotatable bonds is 4. The number of hydrogen-bond donors (Lipinski definition) is 2. The van der Waals surface area contributed by atoms with Crippen LogP contribution < -0.4 is 10.5 Å². The Balaban J connectivity index is 2.20. The number of allylic oxidation sites excluding steroid dienone is 1. The van der Waals surface area contributed by atoms with Crippen LogP contribution in [0.1, 0.15) is 38.2 Å². The van der Waals surface area contributed by atoms with E-state index in [9.17, 15) is 5.26 Å². The molecule has 0 saturated heterocycles. The van der Waals surface area contributed by atoms with E-state index in [1.165, 1.54) is 0 Å². The zero-order valence-corrected chi connectivity index (χ0v) is 13.3. The molecule has 0 spiro atoms. The number of nitrogens with one attached hydrogen (secondary N) is 1. The zero-order valence-electron chi connectivity index (χ0n) is 13.3. The van der Waals surface area contributed by atoms with Crippen LogP contribution >= 0.6 is 0 Å². The molecule has 5 nitrogen and oxygen atoms in total. The molecule has 1 atom stereocenters. The van der Waals surface area contributed by atoms with Crippen molar-refractivity contribution in [2.24, 2.45) is 11.7 Å². The van der Waals surface area contributed by atoms with Crippen LogP contribution in [0, 0.1) is 17.2 Å². The van der Waals surface area contributed by atoms with E-state index >= 15 is 0 Å². The van der Waals surface area contributed by atoms with Gasteiger partial charge in [-0.3, -0.25) is 5.10 Å². The number of H-pyrrole nitrogens is 1. The molecule has 0 unspecified atom stereocenters. The molecule has 1 aromatic heterocycles. The lowest BCUT2D eigenvalue weighted by atomic mass is 9.76. The average molecular weight is 308 g/mol. The molecule has 0 radical (unpaired) electrons. The van der Waals surface area contributed by atoms with Gasteiger partial charge in [0.1, 0.15) is 6.07 Å². The van der Waals surface area contributed by atoms with Crippen LogP contribution in [0.2, 0.25) is 0 Å². The fourth-order valence-electron chi connectivity index (χ4n) is 3.34. The minimum Gasteiger partial charge on any atom is -0.420 e. The number of aromatic amines is 1. The van der Waals surface area contributed by atoms with Crippen molar-refractivity contribution in [2.75, 3.05) is 0 Å². The molecule has 3 rings (SSSR count). The van der Waals surface area contributed by atoms with Crippen LogP contribution in [-0.4, -0.2) is 10.2 Å². The number of nitriles is 1. The van der Waals surface area contributed by atoms with Crippen molar-refractivity contribution in [3.8, 4) is 23.2 Å². The Morgan fingerprint density at radius 3 is 2.61 bits per heavy atom. The maximum absolute atomic E-state index is 9.60. The second kappa shape index (κ2) is 6.17. The van der Waals surface area contributed by atoms with Gasteiger partial charge in [-0.2, -0.15) is 5.26 Å². The minimum atomic E-state index is -0.0901. The maximum Gasteiger partial charge on any atom is 0.244 e. The monoisotopic (exact) mass is 308 g/mol. The van der Waals surface area contributed by atoms with Gasteiger partial charge >= 0.3 is 0 Å². The number of aromatic nitrogens is 2. The van der Waals surface area contributed by atoms with Crippen molar-refractivity contribution in [1.29, 1.82) is 5.26 Å². The van der Waals surface area contributed by atoms with E-state index in [0.29, 0.717) is 17.4 Å². The van der Waals surface area contributed by atoms with E-state index in [1.54, 1.807) is 0 Å². The van der Waals surface area contributed by atoms with Gasteiger partial charge in [0.2, 0.25) is 11.8 Å². The Bertz CT molecular complexity index is 766. The highest BCUT2D eigenvalue weighted by Crippen LogP contribution is 2.47. The number of fused-ring (bicyclic) bond motifs is 1. The molecular weight excluding hydrogens is 288 g/mol. The molecule has 2 aromatic rings. The summed E-state index contributed by atoms with van der Waals surface area (Å²) >= 11 is 0. The lowest BCUT2D eigenvalue weighted by molar-refractivity contribution is 0.342. The van der Waals surface area contributed by atoms with Crippen molar-refractivity contribution in [2.45, 2.75) is 32.6 Å². The zero-order chi connectivity index (χ0) is 16.4. The van der Waals surface area contributed by atoms with E-state index < -0.39 is 0 Å². The van der Waals surface area contributed by atoms with Crippen LogP contribution in [0.25, 0.3) is 11.3 Å². The molecule has 0 amide bonds. The highest BCUT2D eigenvalue weighted by Gasteiger charge is 2.37. The minimum absolute atomic E-state index is 0.0901. The van der Waals surface area contributed by atoms with Gasteiger partial charge in [-0.15, -0.1) is 5.10 Å². The standard InChI is InChI=1S/C18H20N4O/c1-3-11(4-2)14-13(10-19)17(20)23-18-15(14)16(21-22-18)12-8-6-5-7-9-12/h5-9,11,14H,3-4,20H2,1-2H3,(H,21,22)/t14-/m0/s1. The summed E-state index contributed by atoms with van der Waals surface area (Å²) in [7, 11) is 0. The normalized spacial score (nSPS) is 16.9. The highest BCUT2D eigenvalue weighted by molar-refractivity contribution is 5.69. The molecule has 1 aliphatic heterocycles. The van der Waals surface area contributed by atoms with E-state index in [4.69, 9.17) is 10.5 Å². The van der Waals surface area contributed by atoms with Crippen LogP contribution in [0.3, 0.4) is 0 Å². The van der Waals surface area contributed by atoms with Crippen molar-refractivity contribution in [3.05, 3.63) is 47.4 Å². The molecule has 0 fully saturated rings. The lowest BCUT2D eigenvalue weighted by Crippen LogP contribution is -2.24. The van der Waals surface area contributed by atoms with Crippen LogP contribution in [0.5, 0.6) is 5.88 Å². The predicted molar refractivity (Wildman–Crippen MR) is 88.3 cm³/mol. The predicted octanol–water partition coefficient (Wildman–Crippen LogP) is 3.68.